The summed E-state index contributed by atoms with van der Waals surface area (Å²) in [5, 5.41) is 30.3. The maximum atomic E-state index is 10.7. The highest BCUT2D eigenvalue weighted by atomic mass is 16.3. The van der Waals surface area contributed by atoms with Crippen molar-refractivity contribution in [3.8, 4) is 0 Å². The van der Waals surface area contributed by atoms with Gasteiger partial charge in [0.15, 0.2) is 0 Å². The Morgan fingerprint density at radius 2 is 1.94 bits per heavy atom. The van der Waals surface area contributed by atoms with Gasteiger partial charge in [0.25, 0.3) is 0 Å². The second-order valence-corrected chi connectivity index (χ2v) is 7.17. The summed E-state index contributed by atoms with van der Waals surface area (Å²) in [6.45, 7) is 5.76. The van der Waals surface area contributed by atoms with Gasteiger partial charge in [-0.2, -0.15) is 0 Å². The van der Waals surface area contributed by atoms with Crippen molar-refractivity contribution in [2.24, 2.45) is 23.7 Å². The molecule has 0 aliphatic heterocycles. The molecule has 3 N–H and O–H groups in total. The van der Waals surface area contributed by atoms with E-state index in [4.69, 9.17) is 0 Å². The average molecular weight is 256 g/mol. The molecule has 18 heavy (non-hydrogen) atoms. The van der Waals surface area contributed by atoms with Crippen molar-refractivity contribution >= 4 is 0 Å². The quantitative estimate of drug-likeness (QED) is 0.707. The Kier molecular flexibility index (Phi) is 3.79. The molecule has 0 radical (unpaired) electrons. The van der Waals surface area contributed by atoms with Gasteiger partial charge in [-0.05, 0) is 63.2 Å². The average Bonchev–Trinajstić information content (AvgIpc) is 2.59. The lowest BCUT2D eigenvalue weighted by atomic mass is 9.76. The molecule has 0 aromatic rings. The molecule has 3 heteroatoms. The van der Waals surface area contributed by atoms with E-state index in [2.05, 4.69) is 6.92 Å². The Balaban J connectivity index is 2.21. The topological polar surface area (TPSA) is 60.7 Å². The van der Waals surface area contributed by atoms with Crippen LogP contribution in [0.5, 0.6) is 0 Å². The van der Waals surface area contributed by atoms with Crippen LogP contribution in [0.3, 0.4) is 0 Å². The van der Waals surface area contributed by atoms with E-state index in [0.29, 0.717) is 17.8 Å². The van der Waals surface area contributed by atoms with Crippen LogP contribution in [0.15, 0.2) is 0 Å². The lowest BCUT2D eigenvalue weighted by Gasteiger charge is -2.34. The first-order valence-corrected chi connectivity index (χ1v) is 7.33. The van der Waals surface area contributed by atoms with E-state index in [-0.39, 0.29) is 12.5 Å². The Bertz CT molecular complexity index is 298. The molecule has 2 fully saturated rings. The maximum Gasteiger partial charge on any atom is 0.0877 e. The van der Waals surface area contributed by atoms with Crippen LogP contribution in [0.2, 0.25) is 0 Å². The molecule has 3 nitrogen and oxygen atoms in total. The normalized spacial score (nSPS) is 48.3. The van der Waals surface area contributed by atoms with Gasteiger partial charge in [-0.15, -0.1) is 0 Å². The minimum atomic E-state index is -1.01. The number of rotatable bonds is 2. The molecule has 0 spiro atoms. The number of aliphatic hydroxyl groups excluding tert-OH is 1. The van der Waals surface area contributed by atoms with Gasteiger partial charge < -0.3 is 15.3 Å². The molecule has 0 bridgehead atoms. The summed E-state index contributed by atoms with van der Waals surface area (Å²) < 4.78 is 0. The first kappa shape index (κ1) is 14.3. The smallest absolute Gasteiger partial charge is 0.0877 e. The Morgan fingerprint density at radius 1 is 1.28 bits per heavy atom. The van der Waals surface area contributed by atoms with Crippen molar-refractivity contribution in [3.63, 3.8) is 0 Å². The van der Waals surface area contributed by atoms with Crippen molar-refractivity contribution in [1.29, 1.82) is 0 Å². The first-order chi connectivity index (χ1) is 8.28. The summed E-state index contributed by atoms with van der Waals surface area (Å²) in [4.78, 5) is 0. The Hall–Kier alpha value is -0.120. The molecule has 0 unspecified atom stereocenters. The van der Waals surface area contributed by atoms with E-state index < -0.39 is 11.2 Å². The van der Waals surface area contributed by atoms with Crippen molar-refractivity contribution in [3.05, 3.63) is 0 Å². The largest absolute Gasteiger partial charge is 0.393 e. The maximum absolute atomic E-state index is 10.7. The van der Waals surface area contributed by atoms with Crippen LogP contribution in [0, 0.1) is 23.7 Å². The summed E-state index contributed by atoms with van der Waals surface area (Å²) in [7, 11) is 0. The van der Waals surface area contributed by atoms with Crippen LogP contribution in [0.25, 0.3) is 0 Å². The van der Waals surface area contributed by atoms with E-state index in [1.807, 2.05) is 6.92 Å². The highest BCUT2D eigenvalue weighted by molar-refractivity contribution is 4.99. The zero-order chi connectivity index (χ0) is 13.6. The molecule has 6 atom stereocenters. The van der Waals surface area contributed by atoms with Crippen LogP contribution in [-0.4, -0.2) is 33.1 Å². The van der Waals surface area contributed by atoms with Crippen LogP contribution < -0.4 is 0 Å². The lowest BCUT2D eigenvalue weighted by molar-refractivity contribution is -0.0569. The van der Waals surface area contributed by atoms with Gasteiger partial charge >= 0.3 is 0 Å². The van der Waals surface area contributed by atoms with Crippen molar-refractivity contribution in [2.75, 3.05) is 6.61 Å². The molecule has 0 amide bonds. The fraction of sp³-hybridized carbons (Fsp3) is 1.00. The fourth-order valence-corrected chi connectivity index (χ4v) is 4.23. The van der Waals surface area contributed by atoms with E-state index in [1.54, 1.807) is 6.92 Å². The van der Waals surface area contributed by atoms with Crippen LogP contribution in [0.1, 0.15) is 52.9 Å². The third kappa shape index (κ3) is 2.45. The van der Waals surface area contributed by atoms with Gasteiger partial charge in [0.05, 0.1) is 17.8 Å². The third-order valence-corrected chi connectivity index (χ3v) is 5.73. The molecule has 2 saturated carbocycles. The number of hydrogen-bond acceptors (Lipinski definition) is 3. The molecule has 2 rings (SSSR count). The van der Waals surface area contributed by atoms with Crippen LogP contribution in [0.4, 0.5) is 0 Å². The van der Waals surface area contributed by atoms with E-state index >= 15 is 0 Å². The predicted octanol–water partition coefficient (Wildman–Crippen LogP) is 1.94. The number of hydrogen-bond donors (Lipinski definition) is 3. The van der Waals surface area contributed by atoms with Crippen LogP contribution >= 0.6 is 0 Å². The Morgan fingerprint density at radius 3 is 2.56 bits per heavy atom. The zero-order valence-corrected chi connectivity index (χ0v) is 11.9. The minimum absolute atomic E-state index is 0.101. The summed E-state index contributed by atoms with van der Waals surface area (Å²) in [6, 6.07) is 0. The highest BCUT2D eigenvalue weighted by Gasteiger charge is 2.49. The predicted molar refractivity (Wildman–Crippen MR) is 71.1 cm³/mol. The van der Waals surface area contributed by atoms with Gasteiger partial charge in [0, 0.05) is 0 Å². The van der Waals surface area contributed by atoms with E-state index in [1.165, 1.54) is 6.42 Å². The van der Waals surface area contributed by atoms with Crippen molar-refractivity contribution in [1.82, 2.24) is 0 Å². The first-order valence-electron chi connectivity index (χ1n) is 7.33. The van der Waals surface area contributed by atoms with E-state index in [0.717, 1.165) is 25.7 Å². The molecular formula is C15H28O3. The van der Waals surface area contributed by atoms with E-state index in [9.17, 15) is 15.3 Å². The molecule has 0 saturated heterocycles. The highest BCUT2D eigenvalue weighted by Crippen LogP contribution is 2.51. The van der Waals surface area contributed by atoms with Crippen molar-refractivity contribution in [2.45, 2.75) is 64.1 Å². The summed E-state index contributed by atoms with van der Waals surface area (Å²) in [6.07, 6.45) is 4.77. The molecule has 0 aromatic carbocycles. The van der Waals surface area contributed by atoms with Crippen molar-refractivity contribution < 1.29 is 15.3 Å². The molecule has 0 aromatic heterocycles. The van der Waals surface area contributed by atoms with Gasteiger partial charge in [-0.3, -0.25) is 0 Å². The second kappa shape index (κ2) is 4.77. The summed E-state index contributed by atoms with van der Waals surface area (Å²) >= 11 is 0. The Labute approximate surface area is 110 Å². The summed E-state index contributed by atoms with van der Waals surface area (Å²) in [5.41, 5.74) is -1.61. The van der Waals surface area contributed by atoms with Gasteiger partial charge in [0.2, 0.25) is 0 Å². The third-order valence-electron chi connectivity index (χ3n) is 5.73. The number of aliphatic hydroxyl groups is 3. The van der Waals surface area contributed by atoms with Gasteiger partial charge in [-0.1, -0.05) is 13.3 Å². The standard InChI is InChI=1S/C15H28O3/c1-10-4-5-13-12(10)8-11(15(3,18)9-16)6-7-14(13,2)17/h10-13,16-18H,4-9H2,1-3H3/t10-,11-,12+,13-,14+,15+/m0/s1. The molecule has 2 aliphatic carbocycles. The van der Waals surface area contributed by atoms with Gasteiger partial charge in [0.1, 0.15) is 0 Å². The van der Waals surface area contributed by atoms with Gasteiger partial charge in [-0.25, -0.2) is 0 Å². The lowest BCUT2D eigenvalue weighted by Crippen LogP contribution is -2.39. The SMILES string of the molecule is C[C@H]1CC[C@H]2[C@@H]1C[C@@H]([C@](C)(O)CO)CC[C@@]2(C)O. The molecule has 106 valence electrons. The fourth-order valence-electron chi connectivity index (χ4n) is 4.23. The molecule has 0 heterocycles. The molecular weight excluding hydrogens is 228 g/mol. The van der Waals surface area contributed by atoms with Crippen LogP contribution in [-0.2, 0) is 0 Å². The second-order valence-electron chi connectivity index (χ2n) is 7.17. The summed E-state index contributed by atoms with van der Waals surface area (Å²) in [5.74, 6) is 1.58. The monoisotopic (exact) mass is 256 g/mol. The molecule has 2 aliphatic rings. The number of fused-ring (bicyclic) bond motifs is 1. The zero-order valence-electron chi connectivity index (χ0n) is 11.9. The minimum Gasteiger partial charge on any atom is -0.393 e.